The molecule has 0 spiro atoms. The lowest BCUT2D eigenvalue weighted by Gasteiger charge is -2.10. The second-order valence-electron chi connectivity index (χ2n) is 3.91. The molecule has 1 aromatic carbocycles. The van der Waals surface area contributed by atoms with E-state index in [4.69, 9.17) is 4.74 Å². The number of halogens is 3. The second-order valence-corrected chi connectivity index (χ2v) is 3.91. The number of ketones is 1. The van der Waals surface area contributed by atoms with Crippen LogP contribution in [0.2, 0.25) is 0 Å². The SMILES string of the molecule is CC(C)Oc1ccc(C(=O)CC(F)(F)F)cc1. The molecule has 0 aliphatic heterocycles. The lowest BCUT2D eigenvalue weighted by molar-refractivity contribution is -0.125. The number of carbonyl (C=O) groups excluding carboxylic acids is 1. The van der Waals surface area contributed by atoms with E-state index in [1.807, 2.05) is 13.8 Å². The normalized spacial score (nSPS) is 11.6. The number of hydrogen-bond acceptors (Lipinski definition) is 2. The third-order valence-electron chi connectivity index (χ3n) is 1.91. The van der Waals surface area contributed by atoms with Crippen molar-refractivity contribution in [3.63, 3.8) is 0 Å². The second kappa shape index (κ2) is 5.21. The Bertz CT molecular complexity index is 380. The van der Waals surface area contributed by atoms with Crippen molar-refractivity contribution >= 4 is 5.78 Å². The highest BCUT2D eigenvalue weighted by Crippen LogP contribution is 2.23. The molecular formula is C12H13F3O2. The van der Waals surface area contributed by atoms with Gasteiger partial charge in [-0.25, -0.2) is 0 Å². The van der Waals surface area contributed by atoms with Gasteiger partial charge in [-0.1, -0.05) is 0 Å². The largest absolute Gasteiger partial charge is 0.491 e. The van der Waals surface area contributed by atoms with Gasteiger partial charge in [0.2, 0.25) is 0 Å². The number of Topliss-reactive ketones (excluding diaryl/α,β-unsaturated/α-hetero) is 1. The molecule has 0 radical (unpaired) electrons. The maximum Gasteiger partial charge on any atom is 0.396 e. The van der Waals surface area contributed by atoms with Crippen LogP contribution in [0.3, 0.4) is 0 Å². The smallest absolute Gasteiger partial charge is 0.396 e. The fraction of sp³-hybridized carbons (Fsp3) is 0.417. The Morgan fingerprint density at radius 2 is 1.76 bits per heavy atom. The lowest BCUT2D eigenvalue weighted by atomic mass is 10.1. The summed E-state index contributed by atoms with van der Waals surface area (Å²) in [6.07, 6.45) is -5.92. The Morgan fingerprint density at radius 3 is 2.18 bits per heavy atom. The van der Waals surface area contributed by atoms with E-state index in [9.17, 15) is 18.0 Å². The highest BCUT2D eigenvalue weighted by molar-refractivity contribution is 5.96. The molecule has 0 unspecified atom stereocenters. The average Bonchev–Trinajstić information content (AvgIpc) is 2.15. The summed E-state index contributed by atoms with van der Waals surface area (Å²) in [6, 6.07) is 5.66. The van der Waals surface area contributed by atoms with Crippen molar-refractivity contribution in [2.75, 3.05) is 0 Å². The van der Waals surface area contributed by atoms with Gasteiger partial charge in [0.1, 0.15) is 12.2 Å². The van der Waals surface area contributed by atoms with E-state index >= 15 is 0 Å². The van der Waals surface area contributed by atoms with Gasteiger partial charge >= 0.3 is 6.18 Å². The molecule has 0 aliphatic rings. The number of ether oxygens (including phenoxy) is 1. The first-order valence-electron chi connectivity index (χ1n) is 5.14. The molecule has 0 atom stereocenters. The Kier molecular flexibility index (Phi) is 4.15. The molecule has 1 aromatic rings. The number of hydrogen-bond donors (Lipinski definition) is 0. The molecule has 5 heteroatoms. The van der Waals surface area contributed by atoms with E-state index in [-0.39, 0.29) is 11.7 Å². The highest BCUT2D eigenvalue weighted by atomic mass is 19.4. The van der Waals surface area contributed by atoms with Gasteiger partial charge in [-0.2, -0.15) is 13.2 Å². The zero-order valence-electron chi connectivity index (χ0n) is 9.54. The molecular weight excluding hydrogens is 233 g/mol. The maximum absolute atomic E-state index is 12.0. The van der Waals surface area contributed by atoms with Crippen LogP contribution in [0.5, 0.6) is 5.75 Å². The monoisotopic (exact) mass is 246 g/mol. The van der Waals surface area contributed by atoms with Crippen molar-refractivity contribution in [3.8, 4) is 5.75 Å². The molecule has 1 rings (SSSR count). The van der Waals surface area contributed by atoms with E-state index in [0.717, 1.165) is 0 Å². The molecule has 0 aliphatic carbocycles. The van der Waals surface area contributed by atoms with E-state index in [1.54, 1.807) is 0 Å². The Balaban J connectivity index is 2.71. The molecule has 0 amide bonds. The van der Waals surface area contributed by atoms with Crippen molar-refractivity contribution in [2.24, 2.45) is 0 Å². The molecule has 0 saturated carbocycles. The Hall–Kier alpha value is -1.52. The summed E-state index contributed by atoms with van der Waals surface area (Å²) >= 11 is 0. The summed E-state index contributed by atoms with van der Waals surface area (Å²) in [7, 11) is 0. The van der Waals surface area contributed by atoms with E-state index in [2.05, 4.69) is 0 Å². The molecule has 0 fully saturated rings. The summed E-state index contributed by atoms with van der Waals surface area (Å²) in [5, 5.41) is 0. The van der Waals surface area contributed by atoms with Gasteiger partial charge in [-0.05, 0) is 38.1 Å². The number of rotatable bonds is 4. The first-order valence-corrected chi connectivity index (χ1v) is 5.14. The first-order chi connectivity index (χ1) is 7.78. The van der Waals surface area contributed by atoms with Crippen LogP contribution in [0.4, 0.5) is 13.2 Å². The van der Waals surface area contributed by atoms with Crippen LogP contribution < -0.4 is 4.74 Å². The molecule has 2 nitrogen and oxygen atoms in total. The summed E-state index contributed by atoms with van der Waals surface area (Å²) in [4.78, 5) is 11.2. The van der Waals surface area contributed by atoms with Crippen LogP contribution in [-0.4, -0.2) is 18.1 Å². The van der Waals surface area contributed by atoms with Crippen LogP contribution >= 0.6 is 0 Å². The predicted octanol–water partition coefficient (Wildman–Crippen LogP) is 3.61. The van der Waals surface area contributed by atoms with Crippen LogP contribution in [-0.2, 0) is 0 Å². The number of carbonyl (C=O) groups is 1. The van der Waals surface area contributed by atoms with Crippen LogP contribution in [0.25, 0.3) is 0 Å². The van der Waals surface area contributed by atoms with Gasteiger partial charge in [-0.3, -0.25) is 4.79 Å². The minimum absolute atomic E-state index is 0.0215. The zero-order chi connectivity index (χ0) is 13.1. The van der Waals surface area contributed by atoms with Gasteiger partial charge < -0.3 is 4.74 Å². The molecule has 0 N–H and O–H groups in total. The average molecular weight is 246 g/mol. The summed E-state index contributed by atoms with van der Waals surface area (Å²) in [5.41, 5.74) is 0.0402. The quantitative estimate of drug-likeness (QED) is 0.758. The van der Waals surface area contributed by atoms with Gasteiger partial charge in [0.05, 0.1) is 6.10 Å². The number of alkyl halides is 3. The first kappa shape index (κ1) is 13.5. The summed E-state index contributed by atoms with van der Waals surface area (Å²) < 4.78 is 41.3. The van der Waals surface area contributed by atoms with Crippen LogP contribution in [0, 0.1) is 0 Å². The van der Waals surface area contributed by atoms with Gasteiger partial charge in [0.15, 0.2) is 5.78 Å². The maximum atomic E-state index is 12.0. The molecule has 0 bridgehead atoms. The standard InChI is InChI=1S/C12H13F3O2/c1-8(2)17-10-5-3-9(4-6-10)11(16)7-12(13,14)15/h3-6,8H,7H2,1-2H3. The lowest BCUT2D eigenvalue weighted by Crippen LogP contribution is -2.15. The fourth-order valence-electron chi connectivity index (χ4n) is 1.28. The van der Waals surface area contributed by atoms with Crippen LogP contribution in [0.1, 0.15) is 30.6 Å². The van der Waals surface area contributed by atoms with Gasteiger partial charge in [-0.15, -0.1) is 0 Å². The summed E-state index contributed by atoms with van der Waals surface area (Å²) in [6.45, 7) is 3.67. The third kappa shape index (κ3) is 4.89. The van der Waals surface area contributed by atoms with Crippen molar-refractivity contribution < 1.29 is 22.7 Å². The molecule has 0 heterocycles. The number of benzene rings is 1. The fourth-order valence-corrected chi connectivity index (χ4v) is 1.28. The topological polar surface area (TPSA) is 26.3 Å². The van der Waals surface area contributed by atoms with E-state index < -0.39 is 18.4 Å². The highest BCUT2D eigenvalue weighted by Gasteiger charge is 2.31. The van der Waals surface area contributed by atoms with Gasteiger partial charge in [0, 0.05) is 5.56 Å². The van der Waals surface area contributed by atoms with E-state index in [1.165, 1.54) is 24.3 Å². The Labute approximate surface area is 97.4 Å². The van der Waals surface area contributed by atoms with Gasteiger partial charge in [0.25, 0.3) is 0 Å². The molecule has 17 heavy (non-hydrogen) atoms. The van der Waals surface area contributed by atoms with E-state index in [0.29, 0.717) is 5.75 Å². The zero-order valence-corrected chi connectivity index (χ0v) is 9.54. The van der Waals surface area contributed by atoms with Crippen molar-refractivity contribution in [3.05, 3.63) is 29.8 Å². The predicted molar refractivity (Wildman–Crippen MR) is 57.2 cm³/mol. The molecule has 0 saturated heterocycles. The Morgan fingerprint density at radius 1 is 1.24 bits per heavy atom. The molecule has 94 valence electrons. The van der Waals surface area contributed by atoms with Crippen molar-refractivity contribution in [2.45, 2.75) is 32.5 Å². The van der Waals surface area contributed by atoms with Crippen molar-refractivity contribution in [1.82, 2.24) is 0 Å². The minimum atomic E-state index is -4.47. The van der Waals surface area contributed by atoms with Crippen molar-refractivity contribution in [1.29, 1.82) is 0 Å². The minimum Gasteiger partial charge on any atom is -0.491 e. The van der Waals surface area contributed by atoms with Crippen LogP contribution in [0.15, 0.2) is 24.3 Å². The third-order valence-corrected chi connectivity index (χ3v) is 1.91. The molecule has 0 aromatic heterocycles. The summed E-state index contributed by atoms with van der Waals surface area (Å²) in [5.74, 6) is -0.405.